The van der Waals surface area contributed by atoms with E-state index in [1.165, 1.54) is 11.1 Å². The zero-order valence-corrected chi connectivity index (χ0v) is 11.2. The number of benzene rings is 1. The van der Waals surface area contributed by atoms with E-state index in [4.69, 9.17) is 4.74 Å². The molecule has 0 radical (unpaired) electrons. The van der Waals surface area contributed by atoms with Crippen molar-refractivity contribution in [3.63, 3.8) is 0 Å². The highest BCUT2D eigenvalue weighted by atomic mass is 16.5. The third-order valence-corrected chi connectivity index (χ3v) is 3.25. The van der Waals surface area contributed by atoms with Gasteiger partial charge in [-0.1, -0.05) is 13.0 Å². The average Bonchev–Trinajstić information content (AvgIpc) is 2.31. The third-order valence-electron chi connectivity index (χ3n) is 3.25. The van der Waals surface area contributed by atoms with Gasteiger partial charge in [0.05, 0.1) is 7.11 Å². The van der Waals surface area contributed by atoms with Gasteiger partial charge in [-0.15, -0.1) is 0 Å². The molecule has 1 atom stereocenters. The molecule has 0 aromatic heterocycles. The summed E-state index contributed by atoms with van der Waals surface area (Å²) in [6.07, 6.45) is 2.68. The SMILES string of the molecule is CCC(CCC(C)=O)c1ccc(OC)cc1C. The Balaban J connectivity index is 2.84. The third kappa shape index (κ3) is 3.88. The van der Waals surface area contributed by atoms with E-state index in [1.807, 2.05) is 6.07 Å². The molecule has 1 aromatic rings. The Bertz CT molecular complexity index is 383. The van der Waals surface area contributed by atoms with E-state index in [2.05, 4.69) is 26.0 Å². The Hall–Kier alpha value is -1.31. The van der Waals surface area contributed by atoms with Crippen molar-refractivity contribution in [3.8, 4) is 5.75 Å². The standard InChI is InChI=1S/C15H22O2/c1-5-13(7-6-12(3)16)15-9-8-14(17-4)10-11(15)2/h8-10,13H,5-7H2,1-4H3. The number of ether oxygens (including phenoxy) is 1. The summed E-state index contributed by atoms with van der Waals surface area (Å²) in [4.78, 5) is 11.1. The van der Waals surface area contributed by atoms with E-state index in [1.54, 1.807) is 14.0 Å². The van der Waals surface area contributed by atoms with Crippen molar-refractivity contribution in [2.75, 3.05) is 7.11 Å². The molecule has 1 unspecified atom stereocenters. The quantitative estimate of drug-likeness (QED) is 0.747. The summed E-state index contributed by atoms with van der Waals surface area (Å²) in [5.41, 5.74) is 2.59. The van der Waals surface area contributed by atoms with Crippen LogP contribution in [-0.2, 0) is 4.79 Å². The lowest BCUT2D eigenvalue weighted by Gasteiger charge is -2.17. The highest BCUT2D eigenvalue weighted by Gasteiger charge is 2.13. The maximum absolute atomic E-state index is 11.1. The number of carbonyl (C=O) groups excluding carboxylic acids is 1. The van der Waals surface area contributed by atoms with Gasteiger partial charge in [-0.25, -0.2) is 0 Å². The second-order valence-corrected chi connectivity index (χ2v) is 4.57. The molecule has 0 aliphatic rings. The molecule has 94 valence electrons. The molecular formula is C15H22O2. The van der Waals surface area contributed by atoms with Crippen LogP contribution in [0, 0.1) is 6.92 Å². The van der Waals surface area contributed by atoms with Crippen LogP contribution in [0.1, 0.15) is 50.2 Å². The fraction of sp³-hybridized carbons (Fsp3) is 0.533. The van der Waals surface area contributed by atoms with Crippen molar-refractivity contribution in [3.05, 3.63) is 29.3 Å². The molecule has 0 bridgehead atoms. The number of rotatable bonds is 6. The minimum atomic E-state index is 0.273. The van der Waals surface area contributed by atoms with E-state index < -0.39 is 0 Å². The van der Waals surface area contributed by atoms with E-state index >= 15 is 0 Å². The monoisotopic (exact) mass is 234 g/mol. The van der Waals surface area contributed by atoms with Gasteiger partial charge in [-0.2, -0.15) is 0 Å². The molecule has 0 N–H and O–H groups in total. The number of carbonyl (C=O) groups is 1. The first-order chi connectivity index (χ1) is 8.08. The number of methoxy groups -OCH3 is 1. The largest absolute Gasteiger partial charge is 0.497 e. The highest BCUT2D eigenvalue weighted by molar-refractivity contribution is 5.75. The first kappa shape index (κ1) is 13.8. The van der Waals surface area contributed by atoms with Crippen molar-refractivity contribution >= 4 is 5.78 Å². The summed E-state index contributed by atoms with van der Waals surface area (Å²) < 4.78 is 5.21. The van der Waals surface area contributed by atoms with Crippen molar-refractivity contribution in [2.45, 2.75) is 46.0 Å². The topological polar surface area (TPSA) is 26.3 Å². The van der Waals surface area contributed by atoms with Crippen LogP contribution in [0.15, 0.2) is 18.2 Å². The smallest absolute Gasteiger partial charge is 0.129 e. The first-order valence-corrected chi connectivity index (χ1v) is 6.22. The minimum absolute atomic E-state index is 0.273. The molecule has 0 saturated heterocycles. The van der Waals surface area contributed by atoms with Gasteiger partial charge in [0, 0.05) is 6.42 Å². The molecule has 0 amide bonds. The van der Waals surface area contributed by atoms with Crippen LogP contribution in [-0.4, -0.2) is 12.9 Å². The molecule has 1 aromatic carbocycles. The number of ketones is 1. The van der Waals surface area contributed by atoms with Crippen LogP contribution < -0.4 is 4.74 Å². The Morgan fingerprint density at radius 2 is 2.12 bits per heavy atom. The van der Waals surface area contributed by atoms with Gasteiger partial charge in [0.25, 0.3) is 0 Å². The lowest BCUT2D eigenvalue weighted by Crippen LogP contribution is -2.03. The van der Waals surface area contributed by atoms with E-state index in [-0.39, 0.29) is 5.78 Å². The second kappa shape index (κ2) is 6.43. The second-order valence-electron chi connectivity index (χ2n) is 4.57. The molecule has 0 spiro atoms. The highest BCUT2D eigenvalue weighted by Crippen LogP contribution is 2.29. The molecule has 1 rings (SSSR count). The summed E-state index contributed by atoms with van der Waals surface area (Å²) in [7, 11) is 1.68. The van der Waals surface area contributed by atoms with Crippen LogP contribution in [0.5, 0.6) is 5.75 Å². The predicted octanol–water partition coefficient (Wildman–Crippen LogP) is 3.87. The van der Waals surface area contributed by atoms with Crippen LogP contribution in [0.25, 0.3) is 0 Å². The molecule has 0 fully saturated rings. The Kier molecular flexibility index (Phi) is 5.20. The molecule has 17 heavy (non-hydrogen) atoms. The van der Waals surface area contributed by atoms with Gasteiger partial charge in [0.1, 0.15) is 11.5 Å². The molecule has 0 heterocycles. The lowest BCUT2D eigenvalue weighted by atomic mass is 9.88. The van der Waals surface area contributed by atoms with E-state index in [0.717, 1.165) is 18.6 Å². The van der Waals surface area contributed by atoms with Gasteiger partial charge >= 0.3 is 0 Å². The van der Waals surface area contributed by atoms with Gasteiger partial charge < -0.3 is 9.53 Å². The van der Waals surface area contributed by atoms with Crippen LogP contribution in [0.3, 0.4) is 0 Å². The number of hydrogen-bond donors (Lipinski definition) is 0. The van der Waals surface area contributed by atoms with E-state index in [9.17, 15) is 4.79 Å². The Labute approximate surface area is 104 Å². The molecule has 0 aliphatic heterocycles. The lowest BCUT2D eigenvalue weighted by molar-refractivity contribution is -0.117. The predicted molar refractivity (Wildman–Crippen MR) is 70.7 cm³/mol. The fourth-order valence-corrected chi connectivity index (χ4v) is 2.19. The van der Waals surface area contributed by atoms with Crippen molar-refractivity contribution in [1.29, 1.82) is 0 Å². The van der Waals surface area contributed by atoms with E-state index in [0.29, 0.717) is 12.3 Å². The molecule has 2 nitrogen and oxygen atoms in total. The molecule has 0 saturated carbocycles. The maximum Gasteiger partial charge on any atom is 0.129 e. The van der Waals surface area contributed by atoms with Gasteiger partial charge in [0.15, 0.2) is 0 Å². The molecule has 0 aliphatic carbocycles. The number of hydrogen-bond acceptors (Lipinski definition) is 2. The minimum Gasteiger partial charge on any atom is -0.497 e. The first-order valence-electron chi connectivity index (χ1n) is 6.22. The zero-order valence-electron chi connectivity index (χ0n) is 11.2. The van der Waals surface area contributed by atoms with Crippen LogP contribution in [0.2, 0.25) is 0 Å². The molecular weight excluding hydrogens is 212 g/mol. The average molecular weight is 234 g/mol. The van der Waals surface area contributed by atoms with Crippen molar-refractivity contribution in [1.82, 2.24) is 0 Å². The summed E-state index contributed by atoms with van der Waals surface area (Å²) in [5, 5.41) is 0. The maximum atomic E-state index is 11.1. The Morgan fingerprint density at radius 3 is 2.59 bits per heavy atom. The summed E-state index contributed by atoms with van der Waals surface area (Å²) in [5.74, 6) is 1.65. The van der Waals surface area contributed by atoms with Crippen LogP contribution in [0.4, 0.5) is 0 Å². The summed E-state index contributed by atoms with van der Waals surface area (Å²) in [6.45, 7) is 5.94. The van der Waals surface area contributed by atoms with Gasteiger partial charge in [-0.3, -0.25) is 0 Å². The van der Waals surface area contributed by atoms with Gasteiger partial charge in [0.2, 0.25) is 0 Å². The van der Waals surface area contributed by atoms with Gasteiger partial charge in [-0.05, 0) is 55.9 Å². The van der Waals surface area contributed by atoms with Crippen LogP contribution >= 0.6 is 0 Å². The fourth-order valence-electron chi connectivity index (χ4n) is 2.19. The Morgan fingerprint density at radius 1 is 1.41 bits per heavy atom. The zero-order chi connectivity index (χ0) is 12.8. The number of aryl methyl sites for hydroxylation is 1. The summed E-state index contributed by atoms with van der Waals surface area (Å²) in [6, 6.07) is 6.19. The number of Topliss-reactive ketones (excluding diaryl/α,β-unsaturated/α-hetero) is 1. The summed E-state index contributed by atoms with van der Waals surface area (Å²) >= 11 is 0. The van der Waals surface area contributed by atoms with Crippen molar-refractivity contribution in [2.24, 2.45) is 0 Å². The molecule has 2 heteroatoms. The van der Waals surface area contributed by atoms with Crippen molar-refractivity contribution < 1.29 is 9.53 Å². The normalized spacial score (nSPS) is 12.2.